The van der Waals surface area contributed by atoms with Crippen LogP contribution in [0.25, 0.3) is 22.0 Å². The Hall–Kier alpha value is -2.51. The highest BCUT2D eigenvalue weighted by atomic mass is 35.5. The summed E-state index contributed by atoms with van der Waals surface area (Å²) < 4.78 is 38.8. The van der Waals surface area contributed by atoms with Gasteiger partial charge in [0.2, 0.25) is 0 Å². The summed E-state index contributed by atoms with van der Waals surface area (Å²) in [7, 11) is 0. The van der Waals surface area contributed by atoms with Crippen molar-refractivity contribution in [1.29, 1.82) is 0 Å². The summed E-state index contributed by atoms with van der Waals surface area (Å²) in [5.41, 5.74) is -1.71. The Kier molecular flexibility index (Phi) is 4.24. The molecule has 2 aromatic carbocycles. The minimum absolute atomic E-state index is 0.0644. The number of hydrogen-bond donors (Lipinski definition) is 3. The van der Waals surface area contributed by atoms with E-state index in [0.29, 0.717) is 34.0 Å². The molecule has 0 saturated carbocycles. The molecule has 1 heterocycles. The van der Waals surface area contributed by atoms with Crippen LogP contribution in [-0.4, -0.2) is 27.3 Å². The van der Waals surface area contributed by atoms with Crippen molar-refractivity contribution in [2.24, 2.45) is 0 Å². The molecule has 0 spiro atoms. The van der Waals surface area contributed by atoms with Gasteiger partial charge < -0.3 is 15.2 Å². The Labute approximate surface area is 150 Å². The van der Waals surface area contributed by atoms with Crippen LogP contribution in [0, 0.1) is 0 Å². The standard InChI is InChI=1S/C18H13ClF3NO3/c1-17(26,18(20,21)22)10-4-2-9(3-5-10)11-6-12-13(16(24)25)8-23-15(12)7-14(11)19/h2-8,23,26H,1H3,(H,24,25). The van der Waals surface area contributed by atoms with E-state index in [-0.39, 0.29) is 11.1 Å². The van der Waals surface area contributed by atoms with E-state index in [0.717, 1.165) is 0 Å². The van der Waals surface area contributed by atoms with Crippen molar-refractivity contribution in [3.8, 4) is 11.1 Å². The number of aromatic carboxylic acids is 1. The van der Waals surface area contributed by atoms with E-state index in [4.69, 9.17) is 11.6 Å². The fourth-order valence-electron chi connectivity index (χ4n) is 2.68. The summed E-state index contributed by atoms with van der Waals surface area (Å²) in [4.78, 5) is 14.1. The van der Waals surface area contributed by atoms with Crippen molar-refractivity contribution in [3.63, 3.8) is 0 Å². The number of fused-ring (bicyclic) bond motifs is 1. The van der Waals surface area contributed by atoms with Crippen molar-refractivity contribution >= 4 is 28.5 Å². The van der Waals surface area contributed by atoms with Gasteiger partial charge in [-0.05, 0) is 30.2 Å². The van der Waals surface area contributed by atoms with E-state index in [1.165, 1.54) is 30.5 Å². The Bertz CT molecular complexity index is 991. The average Bonchev–Trinajstić information content (AvgIpc) is 2.96. The van der Waals surface area contributed by atoms with E-state index < -0.39 is 17.7 Å². The minimum atomic E-state index is -4.81. The molecule has 0 aliphatic heterocycles. The fraction of sp³-hybridized carbons (Fsp3) is 0.167. The van der Waals surface area contributed by atoms with E-state index in [2.05, 4.69) is 4.98 Å². The predicted molar refractivity (Wildman–Crippen MR) is 91.3 cm³/mol. The summed E-state index contributed by atoms with van der Waals surface area (Å²) in [6, 6.07) is 8.25. The molecule has 0 radical (unpaired) electrons. The van der Waals surface area contributed by atoms with Gasteiger partial charge in [0.25, 0.3) is 0 Å². The van der Waals surface area contributed by atoms with Crippen LogP contribution >= 0.6 is 11.6 Å². The number of rotatable bonds is 3. The van der Waals surface area contributed by atoms with Crippen LogP contribution in [0.15, 0.2) is 42.6 Å². The lowest BCUT2D eigenvalue weighted by molar-refractivity contribution is -0.258. The van der Waals surface area contributed by atoms with Crippen LogP contribution in [0.5, 0.6) is 0 Å². The molecule has 1 aromatic heterocycles. The number of aromatic nitrogens is 1. The number of halogens is 4. The molecule has 3 N–H and O–H groups in total. The molecule has 3 rings (SSSR count). The molecule has 0 fully saturated rings. The van der Waals surface area contributed by atoms with E-state index in [1.54, 1.807) is 12.1 Å². The Morgan fingerprint density at radius 1 is 1.15 bits per heavy atom. The third-order valence-corrected chi connectivity index (χ3v) is 4.62. The molecule has 26 heavy (non-hydrogen) atoms. The van der Waals surface area contributed by atoms with E-state index >= 15 is 0 Å². The first-order chi connectivity index (χ1) is 12.0. The minimum Gasteiger partial charge on any atom is -0.478 e. The molecule has 0 saturated heterocycles. The molecule has 1 atom stereocenters. The Morgan fingerprint density at radius 3 is 2.31 bits per heavy atom. The second kappa shape index (κ2) is 6.03. The zero-order valence-corrected chi connectivity index (χ0v) is 14.1. The third kappa shape index (κ3) is 2.93. The van der Waals surface area contributed by atoms with Gasteiger partial charge in [0.15, 0.2) is 5.60 Å². The highest BCUT2D eigenvalue weighted by Gasteiger charge is 2.51. The van der Waals surface area contributed by atoms with Gasteiger partial charge >= 0.3 is 12.1 Å². The highest BCUT2D eigenvalue weighted by molar-refractivity contribution is 6.34. The third-order valence-electron chi connectivity index (χ3n) is 4.31. The van der Waals surface area contributed by atoms with Crippen LogP contribution < -0.4 is 0 Å². The first-order valence-corrected chi connectivity index (χ1v) is 7.84. The number of carboxylic acid groups (broad SMARTS) is 1. The van der Waals surface area contributed by atoms with Crippen LogP contribution in [-0.2, 0) is 5.60 Å². The number of carbonyl (C=O) groups is 1. The quantitative estimate of drug-likeness (QED) is 0.598. The molecule has 0 aliphatic rings. The predicted octanol–water partition coefficient (Wildman–Crippen LogP) is 4.96. The molecule has 136 valence electrons. The van der Waals surface area contributed by atoms with Gasteiger partial charge in [-0.15, -0.1) is 0 Å². The molecule has 1 unspecified atom stereocenters. The van der Waals surface area contributed by atoms with Gasteiger partial charge in [-0.1, -0.05) is 35.9 Å². The molecular formula is C18H13ClF3NO3. The normalized spacial score (nSPS) is 14.4. The Morgan fingerprint density at radius 2 is 1.77 bits per heavy atom. The molecular weight excluding hydrogens is 371 g/mol. The van der Waals surface area contributed by atoms with Gasteiger partial charge in [0.1, 0.15) is 0 Å². The summed E-state index contributed by atoms with van der Waals surface area (Å²) in [5, 5.41) is 19.7. The maximum atomic E-state index is 12.9. The first kappa shape index (κ1) is 18.3. The van der Waals surface area contributed by atoms with Crippen molar-refractivity contribution in [2.45, 2.75) is 18.7 Å². The molecule has 0 bridgehead atoms. The fourth-order valence-corrected chi connectivity index (χ4v) is 2.95. The van der Waals surface area contributed by atoms with Crippen molar-refractivity contribution in [2.75, 3.05) is 0 Å². The number of benzene rings is 2. The smallest absolute Gasteiger partial charge is 0.421 e. The lowest BCUT2D eigenvalue weighted by atomic mass is 9.93. The zero-order chi connectivity index (χ0) is 19.3. The summed E-state index contributed by atoms with van der Waals surface area (Å²) >= 11 is 6.23. The van der Waals surface area contributed by atoms with Crippen LogP contribution in [0.1, 0.15) is 22.8 Å². The summed E-state index contributed by atoms with van der Waals surface area (Å²) in [5.74, 6) is -1.11. The van der Waals surface area contributed by atoms with Gasteiger partial charge in [-0.3, -0.25) is 0 Å². The summed E-state index contributed by atoms with van der Waals surface area (Å²) in [6.07, 6.45) is -3.47. The first-order valence-electron chi connectivity index (χ1n) is 7.46. The van der Waals surface area contributed by atoms with Crippen LogP contribution in [0.3, 0.4) is 0 Å². The van der Waals surface area contributed by atoms with Crippen molar-refractivity contribution in [3.05, 3.63) is 58.7 Å². The topological polar surface area (TPSA) is 73.3 Å². The van der Waals surface area contributed by atoms with Crippen LogP contribution in [0.4, 0.5) is 13.2 Å². The van der Waals surface area contributed by atoms with Crippen LogP contribution in [0.2, 0.25) is 5.02 Å². The second-order valence-electron chi connectivity index (χ2n) is 6.03. The number of H-pyrrole nitrogens is 1. The number of alkyl halides is 3. The lowest BCUT2D eigenvalue weighted by Gasteiger charge is -2.26. The highest BCUT2D eigenvalue weighted by Crippen LogP contribution is 2.40. The van der Waals surface area contributed by atoms with Crippen molar-refractivity contribution < 1.29 is 28.2 Å². The largest absolute Gasteiger partial charge is 0.478 e. The SMILES string of the molecule is CC(O)(c1ccc(-c2cc3c(C(=O)O)c[nH]c3cc2Cl)cc1)C(F)(F)F. The summed E-state index contributed by atoms with van der Waals surface area (Å²) in [6.45, 7) is 0.681. The molecule has 0 amide bonds. The number of hydrogen-bond acceptors (Lipinski definition) is 2. The number of carboxylic acids is 1. The van der Waals surface area contributed by atoms with Crippen molar-refractivity contribution in [1.82, 2.24) is 4.98 Å². The molecule has 4 nitrogen and oxygen atoms in total. The van der Waals surface area contributed by atoms with E-state index in [1.807, 2.05) is 0 Å². The maximum absolute atomic E-state index is 12.9. The molecule has 0 aliphatic carbocycles. The number of aliphatic hydroxyl groups is 1. The van der Waals surface area contributed by atoms with Gasteiger partial charge in [0, 0.05) is 22.7 Å². The Balaban J connectivity index is 2.08. The van der Waals surface area contributed by atoms with Gasteiger partial charge in [0.05, 0.1) is 10.6 Å². The number of nitrogens with one attached hydrogen (secondary N) is 1. The van der Waals surface area contributed by atoms with Gasteiger partial charge in [-0.2, -0.15) is 13.2 Å². The van der Waals surface area contributed by atoms with Gasteiger partial charge in [-0.25, -0.2) is 4.79 Å². The van der Waals surface area contributed by atoms with E-state index in [9.17, 15) is 28.2 Å². The monoisotopic (exact) mass is 383 g/mol. The maximum Gasteiger partial charge on any atom is 0.421 e. The molecule has 3 aromatic rings. The molecule has 8 heteroatoms. The number of aromatic amines is 1. The second-order valence-corrected chi connectivity index (χ2v) is 6.44. The average molecular weight is 384 g/mol. The lowest BCUT2D eigenvalue weighted by Crippen LogP contribution is -2.39. The zero-order valence-electron chi connectivity index (χ0n) is 13.4.